The Morgan fingerprint density at radius 2 is 1.92 bits per heavy atom. The molecule has 1 aliphatic rings. The topological polar surface area (TPSA) is 9.23 Å². The fourth-order valence-electron chi connectivity index (χ4n) is 1.05. The lowest BCUT2D eigenvalue weighted by atomic mass is 10.1. The molecule has 0 spiro atoms. The summed E-state index contributed by atoms with van der Waals surface area (Å²) in [5.41, 5.74) is 1.18. The van der Waals surface area contributed by atoms with Crippen molar-refractivity contribution in [2.75, 3.05) is 6.61 Å². The van der Waals surface area contributed by atoms with Gasteiger partial charge in [0.2, 0.25) is 0 Å². The Bertz CT molecular complexity index is 157. The molecular formula is C11H18O. The Morgan fingerprint density at radius 3 is 2.33 bits per heavy atom. The molecule has 0 fully saturated rings. The fraction of sp³-hybridized carbons (Fsp3) is 0.455. The third kappa shape index (κ3) is 2.95. The molecule has 0 aliphatic carbocycles. The quantitative estimate of drug-likeness (QED) is 0.610. The average Bonchev–Trinajstić information content (AvgIpc) is 2.20. The zero-order valence-electron chi connectivity index (χ0n) is 8.10. The summed E-state index contributed by atoms with van der Waals surface area (Å²) in [6.07, 6.45) is 5.76. The molecule has 0 unspecified atom stereocenters. The first-order chi connectivity index (χ1) is 5.88. The van der Waals surface area contributed by atoms with Crippen LogP contribution in [0.1, 0.15) is 26.7 Å². The molecule has 0 saturated heterocycles. The molecule has 0 radical (unpaired) electrons. The van der Waals surface area contributed by atoms with Crippen LogP contribution in [0.15, 0.2) is 36.6 Å². The maximum atomic E-state index is 5.32. The minimum Gasteiger partial charge on any atom is -0.493 e. The van der Waals surface area contributed by atoms with Crippen LogP contribution < -0.4 is 0 Å². The van der Waals surface area contributed by atoms with Crippen LogP contribution in [-0.2, 0) is 4.74 Å². The Balaban J connectivity index is 0.000000561. The van der Waals surface area contributed by atoms with Crippen molar-refractivity contribution < 1.29 is 4.74 Å². The molecule has 0 bridgehead atoms. The SMILES string of the molecule is C=CC1=C(C=C)OCCC1.CC. The Hall–Kier alpha value is -0.980. The van der Waals surface area contributed by atoms with Gasteiger partial charge in [-0.15, -0.1) is 0 Å². The van der Waals surface area contributed by atoms with Crippen molar-refractivity contribution in [3.63, 3.8) is 0 Å². The first kappa shape index (κ1) is 11.0. The Labute approximate surface area is 75.4 Å². The normalized spacial score (nSPS) is 15.5. The van der Waals surface area contributed by atoms with Crippen LogP contribution in [0.2, 0.25) is 0 Å². The molecule has 0 aromatic heterocycles. The number of hydrogen-bond acceptors (Lipinski definition) is 1. The molecule has 0 amide bonds. The summed E-state index contributed by atoms with van der Waals surface area (Å²) in [5, 5.41) is 0. The van der Waals surface area contributed by atoms with E-state index in [1.54, 1.807) is 6.08 Å². The van der Waals surface area contributed by atoms with Gasteiger partial charge in [-0.2, -0.15) is 0 Å². The summed E-state index contributed by atoms with van der Waals surface area (Å²) in [5.74, 6) is 0.904. The van der Waals surface area contributed by atoms with Gasteiger partial charge in [0.05, 0.1) is 6.61 Å². The van der Waals surface area contributed by atoms with Crippen LogP contribution in [0.5, 0.6) is 0 Å². The first-order valence-electron chi connectivity index (χ1n) is 4.49. The van der Waals surface area contributed by atoms with Crippen molar-refractivity contribution in [3.8, 4) is 0 Å². The summed E-state index contributed by atoms with van der Waals surface area (Å²) in [4.78, 5) is 0. The molecule has 0 saturated carbocycles. The van der Waals surface area contributed by atoms with E-state index in [4.69, 9.17) is 4.74 Å². The summed E-state index contributed by atoms with van der Waals surface area (Å²) in [6.45, 7) is 12.2. The van der Waals surface area contributed by atoms with Gasteiger partial charge in [-0.1, -0.05) is 33.1 Å². The summed E-state index contributed by atoms with van der Waals surface area (Å²) in [7, 11) is 0. The molecule has 0 aromatic carbocycles. The molecule has 1 heterocycles. The van der Waals surface area contributed by atoms with Crippen LogP contribution >= 0.6 is 0 Å². The highest BCUT2D eigenvalue weighted by Gasteiger charge is 2.06. The van der Waals surface area contributed by atoms with Gasteiger partial charge in [-0.3, -0.25) is 0 Å². The molecule has 1 rings (SSSR count). The van der Waals surface area contributed by atoms with E-state index in [2.05, 4.69) is 13.2 Å². The molecule has 1 heteroatoms. The van der Waals surface area contributed by atoms with Gasteiger partial charge in [0, 0.05) is 0 Å². The van der Waals surface area contributed by atoms with Crippen molar-refractivity contribution in [2.24, 2.45) is 0 Å². The molecule has 0 atom stereocenters. The molecule has 0 N–H and O–H groups in total. The molecule has 68 valence electrons. The number of ether oxygens (including phenoxy) is 1. The molecular weight excluding hydrogens is 148 g/mol. The Kier molecular flexibility index (Phi) is 6.16. The monoisotopic (exact) mass is 166 g/mol. The summed E-state index contributed by atoms with van der Waals surface area (Å²) in [6, 6.07) is 0. The summed E-state index contributed by atoms with van der Waals surface area (Å²) < 4.78 is 5.32. The summed E-state index contributed by atoms with van der Waals surface area (Å²) >= 11 is 0. The minimum atomic E-state index is 0.818. The lowest BCUT2D eigenvalue weighted by Crippen LogP contribution is -2.03. The van der Waals surface area contributed by atoms with E-state index in [1.165, 1.54) is 5.57 Å². The van der Waals surface area contributed by atoms with Crippen molar-refractivity contribution in [1.29, 1.82) is 0 Å². The molecule has 0 aromatic rings. The Morgan fingerprint density at radius 1 is 1.25 bits per heavy atom. The highest BCUT2D eigenvalue weighted by Crippen LogP contribution is 2.19. The van der Waals surface area contributed by atoms with Crippen molar-refractivity contribution >= 4 is 0 Å². The van der Waals surface area contributed by atoms with Crippen molar-refractivity contribution in [3.05, 3.63) is 36.6 Å². The average molecular weight is 166 g/mol. The van der Waals surface area contributed by atoms with Gasteiger partial charge < -0.3 is 4.74 Å². The zero-order chi connectivity index (χ0) is 9.40. The largest absolute Gasteiger partial charge is 0.493 e. The zero-order valence-corrected chi connectivity index (χ0v) is 8.10. The number of hydrogen-bond donors (Lipinski definition) is 0. The molecule has 1 aliphatic heterocycles. The van der Waals surface area contributed by atoms with Gasteiger partial charge in [-0.25, -0.2) is 0 Å². The molecule has 12 heavy (non-hydrogen) atoms. The maximum Gasteiger partial charge on any atom is 0.121 e. The van der Waals surface area contributed by atoms with E-state index in [1.807, 2.05) is 19.9 Å². The van der Waals surface area contributed by atoms with Gasteiger partial charge >= 0.3 is 0 Å². The van der Waals surface area contributed by atoms with Crippen molar-refractivity contribution in [1.82, 2.24) is 0 Å². The van der Waals surface area contributed by atoms with Crippen LogP contribution in [0, 0.1) is 0 Å². The van der Waals surface area contributed by atoms with E-state index in [-0.39, 0.29) is 0 Å². The van der Waals surface area contributed by atoms with Gasteiger partial charge in [0.25, 0.3) is 0 Å². The number of rotatable bonds is 2. The smallest absolute Gasteiger partial charge is 0.121 e. The second kappa shape index (κ2) is 6.71. The second-order valence-electron chi connectivity index (χ2n) is 2.25. The van der Waals surface area contributed by atoms with Crippen molar-refractivity contribution in [2.45, 2.75) is 26.7 Å². The second-order valence-corrected chi connectivity index (χ2v) is 2.25. The van der Waals surface area contributed by atoms with Crippen LogP contribution in [0.25, 0.3) is 0 Å². The minimum absolute atomic E-state index is 0.818. The maximum absolute atomic E-state index is 5.32. The number of allylic oxidation sites excluding steroid dienone is 3. The lowest BCUT2D eigenvalue weighted by Gasteiger charge is -2.16. The lowest BCUT2D eigenvalue weighted by molar-refractivity contribution is 0.202. The molecule has 1 nitrogen and oxygen atoms in total. The highest BCUT2D eigenvalue weighted by atomic mass is 16.5. The van der Waals surface area contributed by atoms with E-state index in [0.717, 1.165) is 25.2 Å². The van der Waals surface area contributed by atoms with Gasteiger partial charge in [0.15, 0.2) is 0 Å². The highest BCUT2D eigenvalue weighted by molar-refractivity contribution is 5.28. The van der Waals surface area contributed by atoms with E-state index < -0.39 is 0 Å². The van der Waals surface area contributed by atoms with Crippen LogP contribution in [-0.4, -0.2) is 6.61 Å². The van der Waals surface area contributed by atoms with Gasteiger partial charge in [0.1, 0.15) is 5.76 Å². The predicted octanol–water partition coefficient (Wildman–Crippen LogP) is 3.45. The van der Waals surface area contributed by atoms with Gasteiger partial charge in [-0.05, 0) is 24.5 Å². The van der Waals surface area contributed by atoms with E-state index in [9.17, 15) is 0 Å². The third-order valence-corrected chi connectivity index (χ3v) is 1.60. The fourth-order valence-corrected chi connectivity index (χ4v) is 1.05. The standard InChI is InChI=1S/C9H12O.C2H6/c1-3-8-6-5-7-10-9(8)4-2;1-2/h3-4H,1-2,5-7H2;1-2H3. The van der Waals surface area contributed by atoms with Crippen LogP contribution in [0.4, 0.5) is 0 Å². The third-order valence-electron chi connectivity index (χ3n) is 1.60. The van der Waals surface area contributed by atoms with E-state index >= 15 is 0 Å². The van der Waals surface area contributed by atoms with Crippen LogP contribution in [0.3, 0.4) is 0 Å². The first-order valence-corrected chi connectivity index (χ1v) is 4.49. The predicted molar refractivity (Wildman–Crippen MR) is 54.0 cm³/mol. The van der Waals surface area contributed by atoms with E-state index in [0.29, 0.717) is 0 Å².